The third-order valence-corrected chi connectivity index (χ3v) is 3.36. The van der Waals surface area contributed by atoms with E-state index in [1.54, 1.807) is 6.07 Å². The molecule has 0 fully saturated rings. The van der Waals surface area contributed by atoms with Gasteiger partial charge in [-0.3, -0.25) is 0 Å². The number of alkyl halides is 3. The van der Waals surface area contributed by atoms with Gasteiger partial charge in [-0.05, 0) is 47.0 Å². The largest absolute Gasteiger partial charge is 0.419 e. The van der Waals surface area contributed by atoms with Gasteiger partial charge >= 0.3 is 6.18 Å². The maximum absolute atomic E-state index is 12.5. The molecule has 0 radical (unpaired) electrons. The minimum Gasteiger partial charge on any atom is -0.328 e. The summed E-state index contributed by atoms with van der Waals surface area (Å²) < 4.78 is 39.5. The first-order chi connectivity index (χ1) is 9.27. The van der Waals surface area contributed by atoms with E-state index in [2.05, 4.69) is 21.0 Å². The molecule has 0 amide bonds. The molecule has 1 aromatic carbocycles. The van der Waals surface area contributed by atoms with Crippen molar-refractivity contribution in [2.45, 2.75) is 25.6 Å². The van der Waals surface area contributed by atoms with Gasteiger partial charge < -0.3 is 5.73 Å². The lowest BCUT2D eigenvalue weighted by atomic mass is 10.1. The highest BCUT2D eigenvalue weighted by molar-refractivity contribution is 9.10. The summed E-state index contributed by atoms with van der Waals surface area (Å²) in [7, 11) is 0. The Labute approximate surface area is 122 Å². The van der Waals surface area contributed by atoms with Crippen LogP contribution in [0.2, 0.25) is 0 Å². The maximum atomic E-state index is 12.5. The van der Waals surface area contributed by atoms with Crippen molar-refractivity contribution in [2.75, 3.05) is 0 Å². The Morgan fingerprint density at radius 2 is 2.10 bits per heavy atom. The van der Waals surface area contributed by atoms with E-state index >= 15 is 0 Å². The lowest BCUT2D eigenvalue weighted by molar-refractivity contribution is -0.137. The molecule has 2 rings (SSSR count). The second-order valence-corrected chi connectivity index (χ2v) is 5.49. The molecular formula is C13H13BrF3N3. The zero-order valence-corrected chi connectivity index (χ0v) is 12.2. The van der Waals surface area contributed by atoms with Crippen LogP contribution < -0.4 is 5.73 Å². The fourth-order valence-electron chi connectivity index (χ4n) is 1.84. The number of benzene rings is 1. The maximum Gasteiger partial charge on any atom is 0.419 e. The van der Waals surface area contributed by atoms with Crippen LogP contribution in [0.5, 0.6) is 0 Å². The van der Waals surface area contributed by atoms with E-state index in [-0.39, 0.29) is 6.04 Å². The monoisotopic (exact) mass is 347 g/mol. The first-order valence-electron chi connectivity index (χ1n) is 5.93. The van der Waals surface area contributed by atoms with E-state index in [0.717, 1.165) is 18.0 Å². The molecule has 108 valence electrons. The normalized spacial score (nSPS) is 13.5. The van der Waals surface area contributed by atoms with E-state index in [0.29, 0.717) is 16.6 Å². The molecule has 0 saturated carbocycles. The number of hydrogen-bond donors (Lipinski definition) is 1. The summed E-state index contributed by atoms with van der Waals surface area (Å²) >= 11 is 3.35. The van der Waals surface area contributed by atoms with E-state index < -0.39 is 11.7 Å². The number of nitrogens with two attached hydrogens (primary N) is 1. The number of rotatable bonds is 3. The smallest absolute Gasteiger partial charge is 0.328 e. The van der Waals surface area contributed by atoms with Gasteiger partial charge in [0.15, 0.2) is 0 Å². The second kappa shape index (κ2) is 5.57. The third kappa shape index (κ3) is 3.40. The summed E-state index contributed by atoms with van der Waals surface area (Å²) in [4.78, 5) is 0. The molecule has 0 bridgehead atoms. The lowest BCUT2D eigenvalue weighted by Crippen LogP contribution is -2.17. The molecule has 1 aromatic heterocycles. The molecule has 1 heterocycles. The van der Waals surface area contributed by atoms with Gasteiger partial charge in [-0.15, -0.1) is 0 Å². The predicted octanol–water partition coefficient (Wildman–Crippen LogP) is 3.54. The number of aromatic nitrogens is 2. The van der Waals surface area contributed by atoms with Gasteiger partial charge in [-0.1, -0.05) is 6.07 Å². The van der Waals surface area contributed by atoms with Crippen molar-refractivity contribution in [2.24, 2.45) is 5.73 Å². The van der Waals surface area contributed by atoms with Crippen molar-refractivity contribution in [1.82, 2.24) is 9.78 Å². The summed E-state index contributed by atoms with van der Waals surface area (Å²) in [5.74, 6) is 0. The van der Waals surface area contributed by atoms with E-state index in [1.807, 2.05) is 19.1 Å². The van der Waals surface area contributed by atoms with Gasteiger partial charge in [0.05, 0.1) is 17.4 Å². The summed E-state index contributed by atoms with van der Waals surface area (Å²) in [5, 5.41) is 3.75. The standard InChI is InChI=1S/C13H13BrF3N3/c1-8(18)4-9-2-3-12(11(14)5-9)20-7-10(6-19-20)13(15,16)17/h2-3,5-8H,4,18H2,1H3. The molecule has 2 aromatic rings. The molecule has 20 heavy (non-hydrogen) atoms. The molecule has 0 aliphatic heterocycles. The molecule has 0 saturated heterocycles. The average molecular weight is 348 g/mol. The fourth-order valence-corrected chi connectivity index (χ4v) is 2.44. The highest BCUT2D eigenvalue weighted by Crippen LogP contribution is 2.30. The highest BCUT2D eigenvalue weighted by Gasteiger charge is 2.32. The minimum absolute atomic E-state index is 0.0225. The van der Waals surface area contributed by atoms with Gasteiger partial charge in [-0.2, -0.15) is 18.3 Å². The average Bonchev–Trinajstić information content (AvgIpc) is 2.77. The summed E-state index contributed by atoms with van der Waals surface area (Å²) in [6, 6.07) is 5.41. The first kappa shape index (κ1) is 15.1. The summed E-state index contributed by atoms with van der Waals surface area (Å²) in [5.41, 5.74) is 6.51. The van der Waals surface area contributed by atoms with E-state index in [4.69, 9.17) is 5.73 Å². The van der Waals surface area contributed by atoms with Crippen molar-refractivity contribution >= 4 is 15.9 Å². The van der Waals surface area contributed by atoms with Crippen LogP contribution in [-0.4, -0.2) is 15.8 Å². The van der Waals surface area contributed by atoms with Crippen molar-refractivity contribution in [3.63, 3.8) is 0 Å². The highest BCUT2D eigenvalue weighted by atomic mass is 79.9. The zero-order chi connectivity index (χ0) is 14.9. The topological polar surface area (TPSA) is 43.8 Å². The summed E-state index contributed by atoms with van der Waals surface area (Å²) in [6.45, 7) is 1.89. The Bertz CT molecular complexity index is 605. The molecule has 7 heteroatoms. The molecule has 1 atom stereocenters. The Morgan fingerprint density at radius 1 is 1.40 bits per heavy atom. The minimum atomic E-state index is -4.39. The second-order valence-electron chi connectivity index (χ2n) is 4.64. The van der Waals surface area contributed by atoms with Crippen LogP contribution in [0.3, 0.4) is 0 Å². The van der Waals surface area contributed by atoms with Crippen LogP contribution in [0.15, 0.2) is 35.1 Å². The zero-order valence-electron chi connectivity index (χ0n) is 10.7. The lowest BCUT2D eigenvalue weighted by Gasteiger charge is -2.09. The number of nitrogens with zero attached hydrogens (tertiary/aromatic N) is 2. The van der Waals surface area contributed by atoms with Crippen LogP contribution in [0.25, 0.3) is 5.69 Å². The van der Waals surface area contributed by atoms with Gasteiger partial charge in [0, 0.05) is 16.7 Å². The van der Waals surface area contributed by atoms with Crippen molar-refractivity contribution in [1.29, 1.82) is 0 Å². The Morgan fingerprint density at radius 3 is 2.60 bits per heavy atom. The molecule has 0 spiro atoms. The molecule has 3 nitrogen and oxygen atoms in total. The van der Waals surface area contributed by atoms with Gasteiger partial charge in [0.25, 0.3) is 0 Å². The van der Waals surface area contributed by atoms with Crippen molar-refractivity contribution in [3.05, 3.63) is 46.2 Å². The quantitative estimate of drug-likeness (QED) is 0.922. The Balaban J connectivity index is 2.31. The molecule has 2 N–H and O–H groups in total. The Kier molecular flexibility index (Phi) is 4.19. The molecule has 0 aliphatic rings. The van der Waals surface area contributed by atoms with Gasteiger partial charge in [-0.25, -0.2) is 4.68 Å². The van der Waals surface area contributed by atoms with Crippen LogP contribution >= 0.6 is 15.9 Å². The third-order valence-electron chi connectivity index (χ3n) is 2.73. The van der Waals surface area contributed by atoms with Crippen LogP contribution in [-0.2, 0) is 12.6 Å². The van der Waals surface area contributed by atoms with E-state index in [9.17, 15) is 13.2 Å². The van der Waals surface area contributed by atoms with Crippen LogP contribution in [0, 0.1) is 0 Å². The molecule has 0 aliphatic carbocycles. The van der Waals surface area contributed by atoms with E-state index in [1.165, 1.54) is 4.68 Å². The number of halogens is 4. The van der Waals surface area contributed by atoms with Gasteiger partial charge in [0.2, 0.25) is 0 Å². The van der Waals surface area contributed by atoms with Crippen molar-refractivity contribution in [3.8, 4) is 5.69 Å². The predicted molar refractivity (Wildman–Crippen MR) is 73.6 cm³/mol. The Hall–Kier alpha value is -1.34. The summed E-state index contributed by atoms with van der Waals surface area (Å²) in [6.07, 6.45) is -1.92. The first-order valence-corrected chi connectivity index (χ1v) is 6.73. The van der Waals surface area contributed by atoms with Crippen molar-refractivity contribution < 1.29 is 13.2 Å². The fraction of sp³-hybridized carbons (Fsp3) is 0.308. The SMILES string of the molecule is CC(N)Cc1ccc(-n2cc(C(F)(F)F)cn2)c(Br)c1. The van der Waals surface area contributed by atoms with Crippen LogP contribution in [0.1, 0.15) is 18.1 Å². The number of hydrogen-bond acceptors (Lipinski definition) is 2. The van der Waals surface area contributed by atoms with Gasteiger partial charge in [0.1, 0.15) is 0 Å². The van der Waals surface area contributed by atoms with Crippen LogP contribution in [0.4, 0.5) is 13.2 Å². The molecule has 1 unspecified atom stereocenters. The molecular weight excluding hydrogens is 335 g/mol.